The number of carbonyl (C=O) groups is 3. The van der Waals surface area contributed by atoms with Crippen LogP contribution in [0.5, 0.6) is 11.5 Å². The lowest BCUT2D eigenvalue weighted by Gasteiger charge is -2.18. The van der Waals surface area contributed by atoms with Crippen LogP contribution in [0, 0.1) is 0 Å². The van der Waals surface area contributed by atoms with Crippen LogP contribution in [-0.2, 0) is 23.6 Å². The number of methoxy groups -OCH3 is 1. The molecule has 10 nitrogen and oxygen atoms in total. The SMILES string of the molecule is C=C/C=C(/Oc1ccc(C=O)cc1)C1=C(C)C(Oc2ccc(B(OC)OC(=O)CN(C)CC=O)cc2)CC1.COCCN(C)C. The van der Waals surface area contributed by atoms with E-state index in [9.17, 15) is 14.4 Å². The summed E-state index contributed by atoms with van der Waals surface area (Å²) in [6.45, 7) is 7.79. The Morgan fingerprint density at radius 1 is 1.02 bits per heavy atom. The van der Waals surface area contributed by atoms with Crippen molar-refractivity contribution in [3.05, 3.63) is 89.7 Å². The summed E-state index contributed by atoms with van der Waals surface area (Å²) in [5.74, 6) is 1.51. The molecule has 0 spiro atoms. The maximum Gasteiger partial charge on any atom is 0.564 e. The molecule has 0 aromatic heterocycles. The van der Waals surface area contributed by atoms with Gasteiger partial charge >= 0.3 is 13.1 Å². The first kappa shape index (κ1) is 37.2. The van der Waals surface area contributed by atoms with Crippen LogP contribution in [0.15, 0.2) is 84.2 Å². The number of nitrogens with zero attached hydrogens (tertiary/aromatic N) is 2. The van der Waals surface area contributed by atoms with Gasteiger partial charge in [-0.2, -0.15) is 0 Å². The average Bonchev–Trinajstić information content (AvgIpc) is 3.39. The largest absolute Gasteiger partial charge is 0.564 e. The topological polar surface area (TPSA) is 104 Å². The molecule has 0 saturated heterocycles. The zero-order valence-corrected chi connectivity index (χ0v) is 27.2. The third kappa shape index (κ3) is 12.9. The minimum Gasteiger partial charge on any atom is -0.505 e. The van der Waals surface area contributed by atoms with E-state index in [2.05, 4.69) is 11.5 Å². The van der Waals surface area contributed by atoms with Crippen molar-refractivity contribution in [1.82, 2.24) is 9.80 Å². The van der Waals surface area contributed by atoms with Crippen molar-refractivity contribution in [2.45, 2.75) is 25.9 Å². The Balaban J connectivity index is 0.000000900. The summed E-state index contributed by atoms with van der Waals surface area (Å²) < 4.78 is 27.9. The number of benzene rings is 2. The van der Waals surface area contributed by atoms with Crippen molar-refractivity contribution in [3.8, 4) is 11.5 Å². The second kappa shape index (κ2) is 20.1. The highest BCUT2D eigenvalue weighted by molar-refractivity contribution is 6.62. The molecule has 0 fully saturated rings. The van der Waals surface area contributed by atoms with Crippen LogP contribution in [0.1, 0.15) is 30.1 Å². The fourth-order valence-electron chi connectivity index (χ4n) is 4.36. The number of likely N-dealkylation sites (N-methyl/N-ethyl adjacent to an activating group) is 2. The normalized spacial score (nSPS) is 14.5. The number of carbonyl (C=O) groups excluding carboxylic acids is 3. The molecule has 0 amide bonds. The van der Waals surface area contributed by atoms with Gasteiger partial charge in [-0.3, -0.25) is 14.5 Å². The average molecular weight is 621 g/mol. The molecule has 1 aliphatic carbocycles. The first-order valence-electron chi connectivity index (χ1n) is 14.7. The monoisotopic (exact) mass is 620 g/mol. The molecule has 3 rings (SSSR count). The number of rotatable bonds is 17. The summed E-state index contributed by atoms with van der Waals surface area (Å²) >= 11 is 0. The van der Waals surface area contributed by atoms with Crippen molar-refractivity contribution in [3.63, 3.8) is 0 Å². The Bertz CT molecular complexity index is 1290. The third-order valence-corrected chi connectivity index (χ3v) is 6.84. The molecule has 1 unspecified atom stereocenters. The molecule has 2 aromatic rings. The van der Waals surface area contributed by atoms with E-state index in [-0.39, 0.29) is 19.2 Å². The van der Waals surface area contributed by atoms with Crippen LogP contribution >= 0.6 is 0 Å². The molecule has 0 radical (unpaired) electrons. The number of hydrogen-bond donors (Lipinski definition) is 0. The number of hydrogen-bond acceptors (Lipinski definition) is 10. The quantitative estimate of drug-likeness (QED) is 0.113. The van der Waals surface area contributed by atoms with E-state index in [1.165, 1.54) is 7.11 Å². The second-order valence-corrected chi connectivity index (χ2v) is 10.6. The molecule has 0 heterocycles. The van der Waals surface area contributed by atoms with Gasteiger partial charge in [0, 0.05) is 26.3 Å². The van der Waals surface area contributed by atoms with Crippen LogP contribution in [0.4, 0.5) is 0 Å². The van der Waals surface area contributed by atoms with E-state index in [4.69, 9.17) is 23.5 Å². The van der Waals surface area contributed by atoms with Gasteiger partial charge in [-0.25, -0.2) is 0 Å². The molecule has 242 valence electrons. The van der Waals surface area contributed by atoms with Crippen LogP contribution in [0.2, 0.25) is 0 Å². The second-order valence-electron chi connectivity index (χ2n) is 10.6. The zero-order chi connectivity index (χ0) is 33.2. The Labute approximate surface area is 267 Å². The summed E-state index contributed by atoms with van der Waals surface area (Å²) in [6, 6.07) is 14.1. The Hall–Kier alpha value is -4.03. The molecule has 0 N–H and O–H groups in total. The van der Waals surface area contributed by atoms with E-state index in [1.54, 1.807) is 61.5 Å². The van der Waals surface area contributed by atoms with Gasteiger partial charge in [0.2, 0.25) is 0 Å². The lowest BCUT2D eigenvalue weighted by atomic mass is 9.79. The van der Waals surface area contributed by atoms with E-state index in [0.717, 1.165) is 49.7 Å². The summed E-state index contributed by atoms with van der Waals surface area (Å²) in [5.41, 5.74) is 3.36. The van der Waals surface area contributed by atoms with Crippen molar-refractivity contribution in [1.29, 1.82) is 0 Å². The molecule has 45 heavy (non-hydrogen) atoms. The zero-order valence-electron chi connectivity index (χ0n) is 27.2. The van der Waals surface area contributed by atoms with Crippen LogP contribution in [0.3, 0.4) is 0 Å². The Kier molecular flexibility index (Phi) is 16.6. The standard InChI is InChI=1S/C29H32BNO7.C5H13NO/c1-5-6-28(37-24-11-7-22(20-33)8-12-24)26-15-16-27(21(26)2)36-25-13-9-23(10-14-25)30(35-4)38-29(34)19-31(3)17-18-32;1-6(2)4-5-7-3/h5-14,18,20,27H,1,15-17,19H2,2-4H3;4-5H2,1-3H3/b28-6+;. The minimum absolute atomic E-state index is 0.0223. The van der Waals surface area contributed by atoms with E-state index < -0.39 is 13.1 Å². The van der Waals surface area contributed by atoms with Crippen LogP contribution < -0.4 is 14.9 Å². The van der Waals surface area contributed by atoms with Gasteiger partial charge in [0.1, 0.15) is 35.9 Å². The molecule has 0 bridgehead atoms. The molecular weight excluding hydrogens is 575 g/mol. The highest BCUT2D eigenvalue weighted by Crippen LogP contribution is 2.35. The van der Waals surface area contributed by atoms with Gasteiger partial charge < -0.3 is 33.2 Å². The molecule has 2 aromatic carbocycles. The number of ether oxygens (including phenoxy) is 3. The predicted octanol–water partition coefficient (Wildman–Crippen LogP) is 3.72. The third-order valence-electron chi connectivity index (χ3n) is 6.84. The maximum absolute atomic E-state index is 12.2. The van der Waals surface area contributed by atoms with Gasteiger partial charge in [-0.05, 0) is 100.0 Å². The first-order chi connectivity index (χ1) is 21.6. The molecule has 1 atom stereocenters. The van der Waals surface area contributed by atoms with Crippen LogP contribution in [-0.4, -0.2) is 103 Å². The molecule has 0 aliphatic heterocycles. The van der Waals surface area contributed by atoms with Crippen molar-refractivity contribution >= 4 is 31.1 Å². The molecular formula is C34H45BN2O8. The first-order valence-corrected chi connectivity index (χ1v) is 14.7. The minimum atomic E-state index is -0.870. The predicted molar refractivity (Wildman–Crippen MR) is 176 cm³/mol. The van der Waals surface area contributed by atoms with Crippen molar-refractivity contribution in [2.24, 2.45) is 0 Å². The van der Waals surface area contributed by atoms with Gasteiger partial charge in [0.15, 0.2) is 0 Å². The van der Waals surface area contributed by atoms with Crippen molar-refractivity contribution in [2.75, 3.05) is 61.6 Å². The van der Waals surface area contributed by atoms with Gasteiger partial charge in [0.25, 0.3) is 0 Å². The Morgan fingerprint density at radius 3 is 2.22 bits per heavy atom. The summed E-state index contributed by atoms with van der Waals surface area (Å²) in [4.78, 5) is 37.3. The highest BCUT2D eigenvalue weighted by atomic mass is 16.6. The van der Waals surface area contributed by atoms with E-state index in [1.807, 2.05) is 39.2 Å². The summed E-state index contributed by atoms with van der Waals surface area (Å²) in [5, 5.41) is 0. The summed E-state index contributed by atoms with van der Waals surface area (Å²) in [6.07, 6.45) is 6.46. The van der Waals surface area contributed by atoms with Gasteiger partial charge in [-0.1, -0.05) is 24.8 Å². The maximum atomic E-state index is 12.2. The summed E-state index contributed by atoms with van der Waals surface area (Å²) in [7, 11) is 8.01. The lowest BCUT2D eigenvalue weighted by Crippen LogP contribution is -2.40. The van der Waals surface area contributed by atoms with E-state index in [0.29, 0.717) is 28.3 Å². The molecule has 1 aliphatic rings. The van der Waals surface area contributed by atoms with E-state index >= 15 is 0 Å². The fraction of sp³-hybridized carbons (Fsp3) is 0.382. The van der Waals surface area contributed by atoms with Crippen molar-refractivity contribution < 1.29 is 37.9 Å². The Morgan fingerprint density at radius 2 is 1.69 bits per heavy atom. The number of aldehydes is 2. The number of allylic oxidation sites excluding steroid dienone is 3. The van der Waals surface area contributed by atoms with Gasteiger partial charge in [0.05, 0.1) is 19.7 Å². The lowest BCUT2D eigenvalue weighted by molar-refractivity contribution is -0.136. The highest BCUT2D eigenvalue weighted by Gasteiger charge is 2.28. The molecule has 11 heteroatoms. The van der Waals surface area contributed by atoms with Gasteiger partial charge in [-0.15, -0.1) is 0 Å². The van der Waals surface area contributed by atoms with Crippen LogP contribution in [0.25, 0.3) is 0 Å². The smallest absolute Gasteiger partial charge is 0.505 e. The molecule has 0 saturated carbocycles. The fourth-order valence-corrected chi connectivity index (χ4v) is 4.36.